The Morgan fingerprint density at radius 1 is 1.15 bits per heavy atom. The maximum absolute atomic E-state index is 11.8. The summed E-state index contributed by atoms with van der Waals surface area (Å²) in [7, 11) is 0. The molecule has 0 atom stereocenters. The topological polar surface area (TPSA) is 92.5 Å². The zero-order valence-corrected chi connectivity index (χ0v) is 15.9. The Morgan fingerprint density at radius 2 is 1.81 bits per heavy atom. The van der Waals surface area contributed by atoms with E-state index in [2.05, 4.69) is 4.90 Å². The van der Waals surface area contributed by atoms with Crippen LogP contribution >= 0.6 is 0 Å². The second-order valence-corrected chi connectivity index (χ2v) is 7.51. The van der Waals surface area contributed by atoms with E-state index in [4.69, 9.17) is 19.1 Å². The predicted molar refractivity (Wildman–Crippen MR) is 99.0 cm³/mol. The number of carboxylic acids is 1. The maximum Gasteiger partial charge on any atom is 0.528 e. The van der Waals surface area contributed by atoms with E-state index in [1.165, 1.54) is 0 Å². The number of carbonyl (C=O) groups is 2. The van der Waals surface area contributed by atoms with Crippen LogP contribution in [0.4, 0.5) is 10.5 Å². The van der Waals surface area contributed by atoms with E-state index in [0.717, 1.165) is 16.6 Å². The van der Waals surface area contributed by atoms with Crippen LogP contribution < -0.4 is 4.90 Å². The predicted octanol–water partition coefficient (Wildman–Crippen LogP) is 3.43. The SMILES string of the molecule is Cc1c(N2CCN(OC(=O)OC(C)(C)C)CC2)ccc2oc(C(=O)O)cc12. The number of hydrogen-bond donors (Lipinski definition) is 1. The van der Waals surface area contributed by atoms with Gasteiger partial charge in [-0.05, 0) is 51.5 Å². The molecule has 1 fully saturated rings. The molecule has 2 aromatic rings. The molecule has 146 valence electrons. The van der Waals surface area contributed by atoms with Gasteiger partial charge in [-0.25, -0.2) is 9.59 Å². The largest absolute Gasteiger partial charge is 0.528 e. The third-order valence-electron chi connectivity index (χ3n) is 4.32. The van der Waals surface area contributed by atoms with Crippen molar-refractivity contribution >= 4 is 28.8 Å². The van der Waals surface area contributed by atoms with Crippen LogP contribution in [0.5, 0.6) is 0 Å². The molecule has 1 aliphatic heterocycles. The van der Waals surface area contributed by atoms with Gasteiger partial charge in [0.05, 0.1) is 13.1 Å². The Hall–Kier alpha value is -2.74. The second kappa shape index (κ2) is 7.11. The number of nitrogens with zero attached hydrogens (tertiary/aromatic N) is 2. The van der Waals surface area contributed by atoms with Gasteiger partial charge in [0.2, 0.25) is 5.76 Å². The number of furan rings is 1. The van der Waals surface area contributed by atoms with Crippen LogP contribution in [0.25, 0.3) is 11.0 Å². The molecule has 8 nitrogen and oxygen atoms in total. The number of hydrogen-bond acceptors (Lipinski definition) is 7. The molecule has 0 aliphatic carbocycles. The molecule has 8 heteroatoms. The lowest BCUT2D eigenvalue weighted by molar-refractivity contribution is -0.144. The molecule has 2 heterocycles. The number of anilines is 1. The Labute approximate surface area is 157 Å². The highest BCUT2D eigenvalue weighted by Crippen LogP contribution is 2.31. The van der Waals surface area contributed by atoms with Crippen LogP contribution in [0.2, 0.25) is 0 Å². The Kier molecular flexibility index (Phi) is 5.01. The smallest absolute Gasteiger partial charge is 0.475 e. The highest BCUT2D eigenvalue weighted by atomic mass is 16.8. The van der Waals surface area contributed by atoms with Crippen molar-refractivity contribution in [1.29, 1.82) is 0 Å². The fourth-order valence-corrected chi connectivity index (χ4v) is 3.08. The lowest BCUT2D eigenvalue weighted by atomic mass is 10.1. The van der Waals surface area contributed by atoms with Crippen molar-refractivity contribution in [2.24, 2.45) is 0 Å². The molecule has 1 N–H and O–H groups in total. The molecule has 1 aliphatic rings. The Bertz CT molecular complexity index is 859. The molecule has 0 spiro atoms. The van der Waals surface area contributed by atoms with Crippen molar-refractivity contribution in [3.8, 4) is 0 Å². The second-order valence-electron chi connectivity index (χ2n) is 7.51. The van der Waals surface area contributed by atoms with Gasteiger partial charge in [-0.2, -0.15) is 0 Å². The van der Waals surface area contributed by atoms with Crippen molar-refractivity contribution in [2.45, 2.75) is 33.3 Å². The van der Waals surface area contributed by atoms with Gasteiger partial charge in [0.25, 0.3) is 0 Å². The molecule has 1 aromatic carbocycles. The number of hydroxylamine groups is 2. The number of fused-ring (bicyclic) bond motifs is 1. The first-order valence-electron chi connectivity index (χ1n) is 8.81. The number of carbonyl (C=O) groups excluding carboxylic acids is 1. The van der Waals surface area contributed by atoms with Gasteiger partial charge in [-0.1, -0.05) is 0 Å². The number of rotatable bonds is 3. The van der Waals surface area contributed by atoms with Crippen molar-refractivity contribution in [3.05, 3.63) is 29.5 Å². The first kappa shape index (κ1) is 19.0. The lowest BCUT2D eigenvalue weighted by Gasteiger charge is -2.35. The average Bonchev–Trinajstić information content (AvgIpc) is 3.00. The summed E-state index contributed by atoms with van der Waals surface area (Å²) in [5.74, 6) is -1.15. The van der Waals surface area contributed by atoms with E-state index in [1.807, 2.05) is 13.0 Å². The highest BCUT2D eigenvalue weighted by Gasteiger charge is 2.25. The minimum absolute atomic E-state index is 0.0687. The quantitative estimate of drug-likeness (QED) is 0.815. The highest BCUT2D eigenvalue weighted by molar-refractivity contribution is 5.94. The van der Waals surface area contributed by atoms with Gasteiger partial charge in [-0.3, -0.25) is 0 Å². The molecular weight excluding hydrogens is 352 g/mol. The summed E-state index contributed by atoms with van der Waals surface area (Å²) in [4.78, 5) is 30.3. The van der Waals surface area contributed by atoms with Gasteiger partial charge in [0.15, 0.2) is 0 Å². The molecule has 27 heavy (non-hydrogen) atoms. The van der Waals surface area contributed by atoms with Crippen LogP contribution in [0.15, 0.2) is 22.6 Å². The molecule has 0 radical (unpaired) electrons. The summed E-state index contributed by atoms with van der Waals surface area (Å²) in [6.07, 6.45) is -0.701. The van der Waals surface area contributed by atoms with Crippen LogP contribution in [0.3, 0.4) is 0 Å². The summed E-state index contributed by atoms with van der Waals surface area (Å²) in [5.41, 5.74) is 1.94. The number of carboxylic acid groups (broad SMARTS) is 1. The first-order chi connectivity index (χ1) is 12.6. The van der Waals surface area contributed by atoms with Gasteiger partial charge in [0, 0.05) is 24.2 Å². The van der Waals surface area contributed by atoms with Gasteiger partial charge < -0.3 is 24.0 Å². The van der Waals surface area contributed by atoms with Crippen LogP contribution in [0, 0.1) is 6.92 Å². The van der Waals surface area contributed by atoms with E-state index in [1.54, 1.807) is 38.0 Å². The fourth-order valence-electron chi connectivity index (χ4n) is 3.08. The molecule has 3 rings (SSSR count). The van der Waals surface area contributed by atoms with E-state index in [-0.39, 0.29) is 5.76 Å². The van der Waals surface area contributed by atoms with E-state index in [0.29, 0.717) is 31.8 Å². The summed E-state index contributed by atoms with van der Waals surface area (Å²) in [6.45, 7) is 9.73. The normalized spacial score (nSPS) is 15.8. The number of ether oxygens (including phenoxy) is 1. The monoisotopic (exact) mass is 376 g/mol. The van der Waals surface area contributed by atoms with Crippen LogP contribution in [-0.4, -0.2) is 54.1 Å². The Balaban J connectivity index is 1.66. The minimum atomic E-state index is -1.08. The summed E-state index contributed by atoms with van der Waals surface area (Å²) < 4.78 is 10.5. The average molecular weight is 376 g/mol. The number of aryl methyl sites for hydroxylation is 1. The van der Waals surface area contributed by atoms with Crippen LogP contribution in [-0.2, 0) is 9.57 Å². The fraction of sp³-hybridized carbons (Fsp3) is 0.474. The minimum Gasteiger partial charge on any atom is -0.475 e. The first-order valence-corrected chi connectivity index (χ1v) is 8.81. The van der Waals surface area contributed by atoms with Gasteiger partial charge in [0.1, 0.15) is 11.2 Å². The molecule has 1 saturated heterocycles. The third kappa shape index (κ3) is 4.33. The molecular formula is C19H24N2O6. The van der Waals surface area contributed by atoms with Crippen LogP contribution in [0.1, 0.15) is 36.9 Å². The van der Waals surface area contributed by atoms with Crippen molar-refractivity contribution in [1.82, 2.24) is 5.06 Å². The third-order valence-corrected chi connectivity index (χ3v) is 4.32. The molecule has 0 bridgehead atoms. The summed E-state index contributed by atoms with van der Waals surface area (Å²) in [5, 5.41) is 11.5. The molecule has 0 amide bonds. The van der Waals surface area contributed by atoms with E-state index >= 15 is 0 Å². The molecule has 0 unspecified atom stereocenters. The van der Waals surface area contributed by atoms with Gasteiger partial charge >= 0.3 is 12.1 Å². The summed E-state index contributed by atoms with van der Waals surface area (Å²) in [6, 6.07) is 5.27. The number of piperazine rings is 1. The van der Waals surface area contributed by atoms with E-state index in [9.17, 15) is 9.59 Å². The van der Waals surface area contributed by atoms with Gasteiger partial charge in [-0.15, -0.1) is 5.06 Å². The molecule has 0 saturated carbocycles. The standard InChI is InChI=1S/C19H24N2O6/c1-12-13-11-16(17(22)23)25-15(13)6-5-14(12)20-7-9-21(10-8-20)27-18(24)26-19(2,3)4/h5-6,11H,7-10H2,1-4H3,(H,22,23). The zero-order chi connectivity index (χ0) is 19.8. The Morgan fingerprint density at radius 3 is 2.41 bits per heavy atom. The van der Waals surface area contributed by atoms with Crippen molar-refractivity contribution < 1.29 is 28.7 Å². The lowest BCUT2D eigenvalue weighted by Crippen LogP contribution is -2.47. The summed E-state index contributed by atoms with van der Waals surface area (Å²) >= 11 is 0. The zero-order valence-electron chi connectivity index (χ0n) is 15.9. The molecule has 1 aromatic heterocycles. The van der Waals surface area contributed by atoms with Crippen molar-refractivity contribution in [3.63, 3.8) is 0 Å². The number of aromatic carboxylic acids is 1. The maximum atomic E-state index is 11.8. The number of benzene rings is 1. The van der Waals surface area contributed by atoms with Crippen molar-refractivity contribution in [2.75, 3.05) is 31.1 Å². The van der Waals surface area contributed by atoms with E-state index < -0.39 is 17.7 Å².